The number of methoxy groups -OCH3 is 1. The van der Waals surface area contributed by atoms with Crippen LogP contribution >= 0.6 is 0 Å². The van der Waals surface area contributed by atoms with Crippen molar-refractivity contribution in [1.29, 1.82) is 0 Å². The average molecular weight is 272 g/mol. The Labute approximate surface area is 116 Å². The zero-order valence-electron chi connectivity index (χ0n) is 13.0. The summed E-state index contributed by atoms with van der Waals surface area (Å²) in [5, 5.41) is 3.50. The monoisotopic (exact) mass is 272 g/mol. The molecule has 0 aromatic carbocycles. The molecule has 0 saturated carbocycles. The fourth-order valence-electron chi connectivity index (χ4n) is 2.13. The van der Waals surface area contributed by atoms with Crippen molar-refractivity contribution in [1.82, 2.24) is 10.2 Å². The van der Waals surface area contributed by atoms with E-state index in [9.17, 15) is 4.79 Å². The smallest absolute Gasteiger partial charge is 0.410 e. The van der Waals surface area contributed by atoms with Gasteiger partial charge in [-0.1, -0.05) is 6.92 Å². The number of nitrogens with one attached hydrogen (secondary N) is 1. The van der Waals surface area contributed by atoms with Crippen molar-refractivity contribution in [3.05, 3.63) is 0 Å². The number of ether oxygens (including phenoxy) is 2. The van der Waals surface area contributed by atoms with E-state index in [1.165, 1.54) is 0 Å². The van der Waals surface area contributed by atoms with E-state index in [0.29, 0.717) is 19.1 Å². The summed E-state index contributed by atoms with van der Waals surface area (Å²) in [4.78, 5) is 13.8. The third-order valence-electron chi connectivity index (χ3n) is 3.33. The number of rotatable bonds is 4. The molecule has 112 valence electrons. The van der Waals surface area contributed by atoms with E-state index in [4.69, 9.17) is 9.47 Å². The normalized spacial score (nSPS) is 25.5. The molecule has 1 aliphatic heterocycles. The summed E-state index contributed by atoms with van der Waals surface area (Å²) in [6, 6.07) is 0.591. The molecule has 0 aromatic heterocycles. The Morgan fingerprint density at radius 3 is 2.53 bits per heavy atom. The van der Waals surface area contributed by atoms with Crippen molar-refractivity contribution in [3.63, 3.8) is 0 Å². The maximum atomic E-state index is 12.0. The molecule has 1 aliphatic rings. The number of amides is 1. The highest BCUT2D eigenvalue weighted by molar-refractivity contribution is 5.68. The lowest BCUT2D eigenvalue weighted by atomic mass is 10.1. The summed E-state index contributed by atoms with van der Waals surface area (Å²) >= 11 is 0. The Bertz CT molecular complexity index is 302. The molecule has 0 spiro atoms. The van der Waals surface area contributed by atoms with Crippen LogP contribution in [0.2, 0.25) is 0 Å². The van der Waals surface area contributed by atoms with Crippen LogP contribution in [0.5, 0.6) is 0 Å². The van der Waals surface area contributed by atoms with Gasteiger partial charge in [0.2, 0.25) is 0 Å². The molecule has 1 rings (SSSR count). The minimum absolute atomic E-state index is 0.0292. The minimum atomic E-state index is -0.456. The van der Waals surface area contributed by atoms with Crippen LogP contribution in [0, 0.1) is 0 Å². The van der Waals surface area contributed by atoms with E-state index in [0.717, 1.165) is 6.42 Å². The van der Waals surface area contributed by atoms with E-state index in [2.05, 4.69) is 19.2 Å². The second-order valence-corrected chi connectivity index (χ2v) is 6.24. The molecule has 0 aliphatic carbocycles. The first-order valence-corrected chi connectivity index (χ1v) is 7.03. The van der Waals surface area contributed by atoms with Crippen molar-refractivity contribution in [3.8, 4) is 0 Å². The zero-order valence-corrected chi connectivity index (χ0v) is 13.0. The van der Waals surface area contributed by atoms with Crippen LogP contribution in [0.15, 0.2) is 0 Å². The molecule has 1 heterocycles. The lowest BCUT2D eigenvalue weighted by Crippen LogP contribution is -2.44. The predicted octanol–water partition coefficient (Wildman–Crippen LogP) is 2.01. The first kappa shape index (κ1) is 16.2. The van der Waals surface area contributed by atoms with Gasteiger partial charge in [-0.15, -0.1) is 0 Å². The molecule has 1 saturated heterocycles. The Hall–Kier alpha value is -0.810. The van der Waals surface area contributed by atoms with Gasteiger partial charge in [0.25, 0.3) is 0 Å². The summed E-state index contributed by atoms with van der Waals surface area (Å²) in [6.45, 7) is 11.1. The molecule has 0 aromatic rings. The Balaban J connectivity index is 2.58. The third kappa shape index (κ3) is 4.99. The highest BCUT2D eigenvalue weighted by atomic mass is 16.6. The second kappa shape index (κ2) is 6.57. The van der Waals surface area contributed by atoms with E-state index < -0.39 is 5.60 Å². The predicted molar refractivity (Wildman–Crippen MR) is 75.3 cm³/mol. The van der Waals surface area contributed by atoms with E-state index in [-0.39, 0.29) is 18.2 Å². The molecule has 2 unspecified atom stereocenters. The van der Waals surface area contributed by atoms with E-state index in [1.807, 2.05) is 20.8 Å². The number of hydrogen-bond donors (Lipinski definition) is 1. The molecule has 1 amide bonds. The van der Waals surface area contributed by atoms with Crippen molar-refractivity contribution in [2.75, 3.05) is 20.2 Å². The van der Waals surface area contributed by atoms with Crippen LogP contribution < -0.4 is 5.32 Å². The fraction of sp³-hybridized carbons (Fsp3) is 0.929. The molecule has 5 nitrogen and oxygen atoms in total. The second-order valence-electron chi connectivity index (χ2n) is 6.24. The van der Waals surface area contributed by atoms with Crippen LogP contribution in [-0.4, -0.2) is 55.0 Å². The van der Waals surface area contributed by atoms with Gasteiger partial charge >= 0.3 is 6.09 Å². The number of hydrogen-bond acceptors (Lipinski definition) is 4. The summed E-state index contributed by atoms with van der Waals surface area (Å²) in [5.74, 6) is 0. The molecule has 0 radical (unpaired) electrons. The van der Waals surface area contributed by atoms with Gasteiger partial charge in [0.1, 0.15) is 5.60 Å². The first-order valence-electron chi connectivity index (χ1n) is 7.03. The van der Waals surface area contributed by atoms with Gasteiger partial charge in [-0.2, -0.15) is 0 Å². The van der Waals surface area contributed by atoms with Crippen molar-refractivity contribution < 1.29 is 14.3 Å². The highest BCUT2D eigenvalue weighted by Crippen LogP contribution is 2.18. The highest BCUT2D eigenvalue weighted by Gasteiger charge is 2.37. The van der Waals surface area contributed by atoms with Gasteiger partial charge in [-0.25, -0.2) is 4.79 Å². The van der Waals surface area contributed by atoms with Crippen LogP contribution in [0.4, 0.5) is 4.79 Å². The number of carbonyl (C=O) groups is 1. The van der Waals surface area contributed by atoms with Gasteiger partial charge in [0.15, 0.2) is 0 Å². The van der Waals surface area contributed by atoms with Crippen molar-refractivity contribution in [2.24, 2.45) is 0 Å². The number of likely N-dealkylation sites (tertiary alicyclic amines) is 1. The topological polar surface area (TPSA) is 50.8 Å². The minimum Gasteiger partial charge on any atom is -0.444 e. The fourth-order valence-corrected chi connectivity index (χ4v) is 2.13. The summed E-state index contributed by atoms with van der Waals surface area (Å²) in [5.41, 5.74) is -0.456. The summed E-state index contributed by atoms with van der Waals surface area (Å²) in [7, 11) is 1.69. The van der Waals surface area contributed by atoms with Crippen LogP contribution in [-0.2, 0) is 9.47 Å². The molecule has 1 N–H and O–H groups in total. The standard InChI is InChI=1S/C14H28N2O3/c1-7-10(2)15-11-8-16(9-12(11)18-6)13(17)19-14(3,4)5/h10-12,15H,7-9H2,1-6H3/t10?,11?,12-/m0/s1. The van der Waals surface area contributed by atoms with Gasteiger partial charge in [0, 0.05) is 19.7 Å². The Morgan fingerprint density at radius 1 is 1.42 bits per heavy atom. The van der Waals surface area contributed by atoms with Crippen LogP contribution in [0.3, 0.4) is 0 Å². The molecular formula is C14H28N2O3. The van der Waals surface area contributed by atoms with Gasteiger partial charge in [0.05, 0.1) is 18.7 Å². The van der Waals surface area contributed by atoms with E-state index in [1.54, 1.807) is 12.0 Å². The number of nitrogens with zero attached hydrogens (tertiary/aromatic N) is 1. The molecule has 0 bridgehead atoms. The van der Waals surface area contributed by atoms with E-state index >= 15 is 0 Å². The largest absolute Gasteiger partial charge is 0.444 e. The lowest BCUT2D eigenvalue weighted by Gasteiger charge is -2.24. The average Bonchev–Trinajstić information content (AvgIpc) is 2.69. The SMILES string of the molecule is CCC(C)NC1CN(C(=O)OC(C)(C)C)C[C@@H]1OC. The first-order chi connectivity index (χ1) is 8.76. The molecule has 3 atom stereocenters. The summed E-state index contributed by atoms with van der Waals surface area (Å²) < 4.78 is 10.9. The van der Waals surface area contributed by atoms with Crippen molar-refractivity contribution >= 4 is 6.09 Å². The van der Waals surface area contributed by atoms with Crippen LogP contribution in [0.1, 0.15) is 41.0 Å². The van der Waals surface area contributed by atoms with Crippen LogP contribution in [0.25, 0.3) is 0 Å². The number of carbonyl (C=O) groups excluding carboxylic acids is 1. The zero-order chi connectivity index (χ0) is 14.6. The van der Waals surface area contributed by atoms with Gasteiger partial charge in [-0.05, 0) is 34.1 Å². The lowest BCUT2D eigenvalue weighted by molar-refractivity contribution is 0.0252. The van der Waals surface area contributed by atoms with Gasteiger partial charge in [-0.3, -0.25) is 0 Å². The third-order valence-corrected chi connectivity index (χ3v) is 3.33. The van der Waals surface area contributed by atoms with Gasteiger partial charge < -0.3 is 19.7 Å². The molecular weight excluding hydrogens is 244 g/mol. The maximum Gasteiger partial charge on any atom is 0.410 e. The molecule has 1 fully saturated rings. The molecule has 5 heteroatoms. The summed E-state index contributed by atoms with van der Waals surface area (Å²) in [6.07, 6.45) is 0.823. The Kier molecular flexibility index (Phi) is 5.62. The Morgan fingerprint density at radius 2 is 2.05 bits per heavy atom. The van der Waals surface area contributed by atoms with Crippen molar-refractivity contribution in [2.45, 2.75) is 64.8 Å². The molecule has 19 heavy (non-hydrogen) atoms. The maximum absolute atomic E-state index is 12.0. The quantitative estimate of drug-likeness (QED) is 0.850.